The first-order valence-electron chi connectivity index (χ1n) is 12.1. The zero-order valence-corrected chi connectivity index (χ0v) is 20.8. The van der Waals surface area contributed by atoms with Gasteiger partial charge < -0.3 is 15.0 Å². The molecule has 6 nitrogen and oxygen atoms in total. The van der Waals surface area contributed by atoms with E-state index >= 15 is 4.39 Å². The molecule has 1 amide bonds. The molecule has 0 unspecified atom stereocenters. The first-order chi connectivity index (χ1) is 18.5. The molecule has 1 N–H and O–H groups in total. The average molecular weight is 531 g/mol. The number of fused-ring (bicyclic) bond motifs is 2. The molecule has 3 aromatic carbocycles. The van der Waals surface area contributed by atoms with E-state index in [0.29, 0.717) is 54.1 Å². The Bertz CT molecular complexity index is 1700. The molecule has 3 heterocycles. The Morgan fingerprint density at radius 2 is 1.74 bits per heavy atom. The highest BCUT2D eigenvalue weighted by Gasteiger charge is 2.24. The maximum atomic E-state index is 15.2. The van der Waals surface area contributed by atoms with Gasteiger partial charge >= 0.3 is 0 Å². The fraction of sp³-hybridized carbons (Fsp3) is 0.138. The van der Waals surface area contributed by atoms with E-state index < -0.39 is 11.6 Å². The van der Waals surface area contributed by atoms with Gasteiger partial charge in [-0.3, -0.25) is 14.8 Å². The molecule has 0 spiro atoms. The lowest BCUT2D eigenvalue weighted by Gasteiger charge is -2.31. The summed E-state index contributed by atoms with van der Waals surface area (Å²) in [6, 6.07) is 15.9. The monoisotopic (exact) mass is 530 g/mol. The van der Waals surface area contributed by atoms with E-state index in [9.17, 15) is 9.18 Å². The van der Waals surface area contributed by atoms with E-state index in [2.05, 4.69) is 20.2 Å². The van der Waals surface area contributed by atoms with E-state index in [1.165, 1.54) is 30.5 Å². The normalized spacial score (nSPS) is 13.7. The van der Waals surface area contributed by atoms with Crippen molar-refractivity contribution >= 4 is 50.7 Å². The summed E-state index contributed by atoms with van der Waals surface area (Å²) in [6.45, 7) is 2.09. The van der Waals surface area contributed by atoms with Crippen LogP contribution in [0.3, 0.4) is 0 Å². The van der Waals surface area contributed by atoms with Crippen LogP contribution in [0.5, 0.6) is 0 Å². The van der Waals surface area contributed by atoms with E-state index in [-0.39, 0.29) is 27.6 Å². The third-order valence-corrected chi connectivity index (χ3v) is 6.86. The van der Waals surface area contributed by atoms with Crippen molar-refractivity contribution in [3.8, 4) is 11.1 Å². The van der Waals surface area contributed by atoms with Crippen LogP contribution in [0.15, 0.2) is 73.1 Å². The Morgan fingerprint density at radius 1 is 0.947 bits per heavy atom. The van der Waals surface area contributed by atoms with E-state index in [0.717, 1.165) is 5.39 Å². The van der Waals surface area contributed by atoms with Gasteiger partial charge in [0, 0.05) is 46.2 Å². The number of hydrogen-bond acceptors (Lipinski definition) is 5. The van der Waals surface area contributed by atoms with Crippen molar-refractivity contribution < 1.29 is 18.3 Å². The summed E-state index contributed by atoms with van der Waals surface area (Å²) in [5.41, 5.74) is 2.57. The number of halogens is 3. The lowest BCUT2D eigenvalue weighted by atomic mass is 9.99. The molecule has 1 fully saturated rings. The number of pyridine rings is 2. The van der Waals surface area contributed by atoms with Gasteiger partial charge in [0.2, 0.25) is 0 Å². The third-order valence-electron chi connectivity index (χ3n) is 6.63. The van der Waals surface area contributed by atoms with Gasteiger partial charge in [-0.2, -0.15) is 0 Å². The summed E-state index contributed by atoms with van der Waals surface area (Å²) in [7, 11) is 0. The van der Waals surface area contributed by atoms with Gasteiger partial charge in [0.1, 0.15) is 11.6 Å². The fourth-order valence-electron chi connectivity index (χ4n) is 4.87. The molecule has 5 aromatic rings. The van der Waals surface area contributed by atoms with Crippen LogP contribution in [0.2, 0.25) is 5.02 Å². The number of nitrogens with one attached hydrogen (secondary N) is 1. The first-order valence-corrected chi connectivity index (χ1v) is 12.4. The number of benzene rings is 3. The molecule has 9 heteroatoms. The molecule has 0 aliphatic carbocycles. The molecule has 0 bridgehead atoms. The summed E-state index contributed by atoms with van der Waals surface area (Å²) in [5.74, 6) is -1.57. The number of anilines is 2. The molecule has 0 saturated carbocycles. The maximum absolute atomic E-state index is 15.2. The minimum Gasteiger partial charge on any atom is -0.378 e. The Hall–Kier alpha value is -4.14. The van der Waals surface area contributed by atoms with Gasteiger partial charge in [-0.05, 0) is 42.5 Å². The highest BCUT2D eigenvalue weighted by atomic mass is 35.5. The molecular weight excluding hydrogens is 510 g/mol. The molecule has 190 valence electrons. The lowest BCUT2D eigenvalue weighted by molar-refractivity contribution is 0.102. The minimum atomic E-state index is -0.626. The van der Waals surface area contributed by atoms with Crippen LogP contribution in [0.4, 0.5) is 20.2 Å². The summed E-state index contributed by atoms with van der Waals surface area (Å²) in [5, 5.41) is 4.57. The highest BCUT2D eigenvalue weighted by molar-refractivity contribution is 6.31. The average Bonchev–Trinajstić information content (AvgIpc) is 2.94. The maximum Gasteiger partial charge on any atom is 0.256 e. The number of ether oxygens (including phenoxy) is 1. The number of morpholine rings is 1. The SMILES string of the molecule is O=C(Nc1cnc2c(-c3cc(Cl)ccc3F)c(F)ccc2c1N1CCOCC1)c1ccnc2ccccc12. The molecule has 0 atom stereocenters. The van der Waals surface area contributed by atoms with E-state index in [1.54, 1.807) is 18.3 Å². The van der Waals surface area contributed by atoms with Gasteiger partial charge in [0.05, 0.1) is 47.4 Å². The first kappa shape index (κ1) is 24.2. The standard InChI is InChI=1S/C29H21ClF2N4O2/c30-17-5-7-22(31)21(15-17)26-23(32)8-6-20-27(26)34-16-25(28(20)36-11-13-38-14-12-36)35-29(37)19-9-10-33-24-4-2-1-3-18(19)24/h1-10,15-16H,11-14H2,(H,35,37). The van der Waals surface area contributed by atoms with Gasteiger partial charge in [-0.25, -0.2) is 8.78 Å². The van der Waals surface area contributed by atoms with Gasteiger partial charge in [0.15, 0.2) is 0 Å². The Morgan fingerprint density at radius 3 is 2.58 bits per heavy atom. The minimum absolute atomic E-state index is 0.00927. The number of carbonyl (C=O) groups is 1. The van der Waals surface area contributed by atoms with Crippen LogP contribution in [0.1, 0.15) is 10.4 Å². The quantitative estimate of drug-likeness (QED) is 0.288. The summed E-state index contributed by atoms with van der Waals surface area (Å²) in [6.07, 6.45) is 3.08. The number of rotatable bonds is 4. The number of hydrogen-bond donors (Lipinski definition) is 1. The highest BCUT2D eigenvalue weighted by Crippen LogP contribution is 2.40. The van der Waals surface area contributed by atoms with Crippen LogP contribution in [-0.4, -0.2) is 42.2 Å². The van der Waals surface area contributed by atoms with Gasteiger partial charge in [-0.1, -0.05) is 29.8 Å². The second-order valence-corrected chi connectivity index (χ2v) is 9.33. The Balaban J connectivity index is 1.52. The largest absolute Gasteiger partial charge is 0.378 e. The van der Waals surface area contributed by atoms with E-state index in [1.807, 2.05) is 24.3 Å². The molecule has 1 aliphatic heterocycles. The zero-order chi connectivity index (χ0) is 26.2. The lowest BCUT2D eigenvalue weighted by Crippen LogP contribution is -2.37. The molecular formula is C29H21ClF2N4O2. The molecule has 0 radical (unpaired) electrons. The van der Waals surface area contributed by atoms with Crippen molar-refractivity contribution in [1.29, 1.82) is 0 Å². The van der Waals surface area contributed by atoms with Crippen LogP contribution < -0.4 is 10.2 Å². The van der Waals surface area contributed by atoms with Gasteiger partial charge in [0.25, 0.3) is 5.91 Å². The number of aromatic nitrogens is 2. The van der Waals surface area contributed by atoms with Crippen molar-refractivity contribution in [3.63, 3.8) is 0 Å². The van der Waals surface area contributed by atoms with Crippen LogP contribution in [-0.2, 0) is 4.74 Å². The van der Waals surface area contributed by atoms with Crippen molar-refractivity contribution in [2.45, 2.75) is 0 Å². The summed E-state index contributed by atoms with van der Waals surface area (Å²) >= 11 is 6.12. The number of amides is 1. The van der Waals surface area contributed by atoms with Crippen LogP contribution >= 0.6 is 11.6 Å². The molecule has 38 heavy (non-hydrogen) atoms. The fourth-order valence-corrected chi connectivity index (χ4v) is 5.05. The predicted molar refractivity (Wildman–Crippen MR) is 145 cm³/mol. The molecule has 6 rings (SSSR count). The van der Waals surface area contributed by atoms with Crippen molar-refractivity contribution in [2.75, 3.05) is 36.5 Å². The summed E-state index contributed by atoms with van der Waals surface area (Å²) < 4.78 is 35.6. The van der Waals surface area contributed by atoms with Crippen LogP contribution in [0.25, 0.3) is 32.9 Å². The number of para-hydroxylation sites is 1. The molecule has 1 saturated heterocycles. The van der Waals surface area contributed by atoms with Crippen molar-refractivity contribution in [2.24, 2.45) is 0 Å². The number of nitrogens with zero attached hydrogens (tertiary/aromatic N) is 3. The Labute approximate surface area is 221 Å². The molecule has 2 aromatic heterocycles. The zero-order valence-electron chi connectivity index (χ0n) is 20.0. The van der Waals surface area contributed by atoms with Crippen LogP contribution in [0, 0.1) is 11.6 Å². The molecule has 1 aliphatic rings. The third kappa shape index (κ3) is 4.31. The smallest absolute Gasteiger partial charge is 0.256 e. The second-order valence-electron chi connectivity index (χ2n) is 8.89. The van der Waals surface area contributed by atoms with Gasteiger partial charge in [-0.15, -0.1) is 0 Å². The van der Waals surface area contributed by atoms with E-state index in [4.69, 9.17) is 16.3 Å². The predicted octanol–water partition coefficient (Wildman–Crippen LogP) is 6.47. The topological polar surface area (TPSA) is 67.4 Å². The summed E-state index contributed by atoms with van der Waals surface area (Å²) in [4.78, 5) is 24.4. The van der Waals surface area contributed by atoms with Crippen molar-refractivity contribution in [1.82, 2.24) is 9.97 Å². The number of carbonyl (C=O) groups excluding carboxylic acids is 1. The Kier molecular flexibility index (Phi) is 6.35. The second kappa shape index (κ2) is 9.96. The van der Waals surface area contributed by atoms with Crippen molar-refractivity contribution in [3.05, 3.63) is 95.3 Å².